The topological polar surface area (TPSA) is 83.6 Å². The molecule has 1 heterocycles. The highest BCUT2D eigenvalue weighted by Crippen LogP contribution is 2.22. The van der Waals surface area contributed by atoms with Crippen LogP contribution >= 0.6 is 0 Å². The Labute approximate surface area is 108 Å². The molecule has 0 aromatic rings. The molecule has 5 heteroatoms. The Morgan fingerprint density at radius 2 is 2.00 bits per heavy atom. The third-order valence-corrected chi connectivity index (χ3v) is 3.61. The third-order valence-electron chi connectivity index (χ3n) is 3.61. The minimum absolute atomic E-state index is 0.0425. The Balaban J connectivity index is 2.32. The van der Waals surface area contributed by atoms with Crippen molar-refractivity contribution in [1.82, 2.24) is 4.90 Å². The average Bonchev–Trinajstić information content (AvgIpc) is 2.36. The SMILES string of the molecule is CCCC1CCN(C(=O)C(N)CCC(=O)O)CC1. The predicted molar refractivity (Wildman–Crippen MR) is 69.1 cm³/mol. The number of aliphatic carboxylic acids is 1. The van der Waals surface area contributed by atoms with Crippen LogP contribution in [-0.4, -0.2) is 41.0 Å². The van der Waals surface area contributed by atoms with Crippen LogP contribution in [0.3, 0.4) is 0 Å². The summed E-state index contributed by atoms with van der Waals surface area (Å²) in [6.45, 7) is 3.72. The van der Waals surface area contributed by atoms with Gasteiger partial charge in [-0.15, -0.1) is 0 Å². The van der Waals surface area contributed by atoms with E-state index in [0.717, 1.165) is 31.8 Å². The second kappa shape index (κ2) is 7.36. The second-order valence-corrected chi connectivity index (χ2v) is 5.10. The molecular formula is C13H24N2O3. The lowest BCUT2D eigenvalue weighted by Crippen LogP contribution is -2.47. The van der Waals surface area contributed by atoms with Crippen molar-refractivity contribution in [3.05, 3.63) is 0 Å². The molecule has 1 atom stereocenters. The van der Waals surface area contributed by atoms with Crippen LogP contribution in [0.15, 0.2) is 0 Å². The standard InChI is InChI=1S/C13H24N2O3/c1-2-3-10-6-8-15(9-7-10)13(18)11(14)4-5-12(16)17/h10-11H,2-9,14H2,1H3,(H,16,17). The molecule has 1 aliphatic rings. The molecule has 18 heavy (non-hydrogen) atoms. The van der Waals surface area contributed by atoms with Gasteiger partial charge in [-0.3, -0.25) is 9.59 Å². The molecule has 0 saturated carbocycles. The summed E-state index contributed by atoms with van der Waals surface area (Å²) in [4.78, 5) is 24.2. The van der Waals surface area contributed by atoms with Gasteiger partial charge in [-0.2, -0.15) is 0 Å². The van der Waals surface area contributed by atoms with Gasteiger partial charge in [-0.05, 0) is 25.2 Å². The van der Waals surface area contributed by atoms with Crippen LogP contribution in [0, 0.1) is 5.92 Å². The molecule has 104 valence electrons. The molecule has 1 unspecified atom stereocenters. The van der Waals surface area contributed by atoms with Gasteiger partial charge >= 0.3 is 5.97 Å². The number of rotatable bonds is 6. The highest BCUT2D eigenvalue weighted by atomic mass is 16.4. The van der Waals surface area contributed by atoms with Gasteiger partial charge in [0, 0.05) is 19.5 Å². The highest BCUT2D eigenvalue weighted by molar-refractivity contribution is 5.82. The first-order chi connectivity index (χ1) is 8.54. The largest absolute Gasteiger partial charge is 0.481 e. The first-order valence-corrected chi connectivity index (χ1v) is 6.80. The van der Waals surface area contributed by atoms with Gasteiger partial charge in [0.15, 0.2) is 0 Å². The number of nitrogens with two attached hydrogens (primary N) is 1. The first kappa shape index (κ1) is 15.0. The van der Waals surface area contributed by atoms with Crippen molar-refractivity contribution in [2.45, 2.75) is 51.5 Å². The summed E-state index contributed by atoms with van der Waals surface area (Å²) in [7, 11) is 0. The van der Waals surface area contributed by atoms with Crippen LogP contribution in [0.2, 0.25) is 0 Å². The van der Waals surface area contributed by atoms with E-state index in [9.17, 15) is 9.59 Å². The van der Waals surface area contributed by atoms with Crippen molar-refractivity contribution >= 4 is 11.9 Å². The van der Waals surface area contributed by atoms with Crippen LogP contribution in [-0.2, 0) is 9.59 Å². The smallest absolute Gasteiger partial charge is 0.303 e. The van der Waals surface area contributed by atoms with Gasteiger partial charge in [-0.25, -0.2) is 0 Å². The summed E-state index contributed by atoms with van der Waals surface area (Å²) < 4.78 is 0. The fourth-order valence-electron chi connectivity index (χ4n) is 2.49. The van der Waals surface area contributed by atoms with E-state index in [1.165, 1.54) is 12.8 Å². The zero-order valence-corrected chi connectivity index (χ0v) is 11.1. The van der Waals surface area contributed by atoms with Gasteiger partial charge in [0.1, 0.15) is 0 Å². The molecule has 0 radical (unpaired) electrons. The first-order valence-electron chi connectivity index (χ1n) is 6.80. The number of nitrogens with zero attached hydrogens (tertiary/aromatic N) is 1. The molecule has 0 aromatic carbocycles. The molecule has 0 spiro atoms. The fraction of sp³-hybridized carbons (Fsp3) is 0.846. The van der Waals surface area contributed by atoms with Crippen LogP contribution in [0.1, 0.15) is 45.4 Å². The summed E-state index contributed by atoms with van der Waals surface area (Å²) in [5.74, 6) is -0.264. The van der Waals surface area contributed by atoms with E-state index in [1.54, 1.807) is 4.90 Å². The number of likely N-dealkylation sites (tertiary alicyclic amines) is 1. The van der Waals surface area contributed by atoms with Crippen molar-refractivity contribution in [2.24, 2.45) is 11.7 Å². The summed E-state index contributed by atoms with van der Waals surface area (Å²) in [6, 6.07) is -0.663. The predicted octanol–water partition coefficient (Wildman–Crippen LogP) is 1.22. The second-order valence-electron chi connectivity index (χ2n) is 5.10. The monoisotopic (exact) mass is 256 g/mol. The molecule has 3 N–H and O–H groups in total. The van der Waals surface area contributed by atoms with E-state index < -0.39 is 12.0 Å². The average molecular weight is 256 g/mol. The molecule has 1 rings (SSSR count). The Kier molecular flexibility index (Phi) is 6.12. The molecule has 1 aliphatic heterocycles. The van der Waals surface area contributed by atoms with Gasteiger partial charge in [0.2, 0.25) is 5.91 Å². The van der Waals surface area contributed by atoms with E-state index in [0.29, 0.717) is 0 Å². The van der Waals surface area contributed by atoms with Crippen molar-refractivity contribution in [3.8, 4) is 0 Å². The third kappa shape index (κ3) is 4.64. The Hall–Kier alpha value is -1.10. The maximum absolute atomic E-state index is 12.0. The van der Waals surface area contributed by atoms with Crippen molar-refractivity contribution < 1.29 is 14.7 Å². The number of carbonyl (C=O) groups is 2. The lowest BCUT2D eigenvalue weighted by molar-refractivity contribution is -0.138. The van der Waals surface area contributed by atoms with Crippen LogP contribution < -0.4 is 5.73 Å². The van der Waals surface area contributed by atoms with Gasteiger partial charge in [-0.1, -0.05) is 19.8 Å². The zero-order valence-electron chi connectivity index (χ0n) is 11.1. The van der Waals surface area contributed by atoms with Crippen LogP contribution in [0.4, 0.5) is 0 Å². The normalized spacial score (nSPS) is 18.7. The molecule has 5 nitrogen and oxygen atoms in total. The molecule has 1 saturated heterocycles. The Morgan fingerprint density at radius 3 is 2.50 bits per heavy atom. The van der Waals surface area contributed by atoms with Crippen molar-refractivity contribution in [3.63, 3.8) is 0 Å². The molecule has 0 aromatic heterocycles. The van der Waals surface area contributed by atoms with Crippen LogP contribution in [0.5, 0.6) is 0 Å². The van der Waals surface area contributed by atoms with E-state index >= 15 is 0 Å². The van der Waals surface area contributed by atoms with Gasteiger partial charge in [0.05, 0.1) is 6.04 Å². The minimum Gasteiger partial charge on any atom is -0.481 e. The molecule has 0 bridgehead atoms. The van der Waals surface area contributed by atoms with Crippen LogP contribution in [0.25, 0.3) is 0 Å². The zero-order chi connectivity index (χ0) is 13.5. The Bertz CT molecular complexity index is 286. The lowest BCUT2D eigenvalue weighted by Gasteiger charge is -2.33. The fourth-order valence-corrected chi connectivity index (χ4v) is 2.49. The molecule has 1 fully saturated rings. The number of carbonyl (C=O) groups excluding carboxylic acids is 1. The quantitative estimate of drug-likeness (QED) is 0.748. The van der Waals surface area contributed by atoms with E-state index in [2.05, 4.69) is 6.92 Å². The highest BCUT2D eigenvalue weighted by Gasteiger charge is 2.26. The van der Waals surface area contributed by atoms with Gasteiger partial charge < -0.3 is 15.7 Å². The molecule has 0 aliphatic carbocycles. The number of carboxylic acid groups (broad SMARTS) is 1. The summed E-state index contributed by atoms with van der Waals surface area (Å²) >= 11 is 0. The van der Waals surface area contributed by atoms with E-state index in [1.807, 2.05) is 0 Å². The van der Waals surface area contributed by atoms with E-state index in [4.69, 9.17) is 10.8 Å². The molecule has 1 amide bonds. The lowest BCUT2D eigenvalue weighted by atomic mass is 9.92. The number of piperidine rings is 1. The number of hydrogen-bond acceptors (Lipinski definition) is 3. The number of amides is 1. The van der Waals surface area contributed by atoms with E-state index in [-0.39, 0.29) is 18.7 Å². The summed E-state index contributed by atoms with van der Waals surface area (Å²) in [5, 5.41) is 8.57. The Morgan fingerprint density at radius 1 is 1.39 bits per heavy atom. The van der Waals surface area contributed by atoms with Crippen molar-refractivity contribution in [1.29, 1.82) is 0 Å². The summed E-state index contributed by atoms with van der Waals surface area (Å²) in [6.07, 6.45) is 4.70. The number of carboxylic acids is 1. The maximum Gasteiger partial charge on any atom is 0.303 e. The van der Waals surface area contributed by atoms with Gasteiger partial charge in [0.25, 0.3) is 0 Å². The summed E-state index contributed by atoms with van der Waals surface area (Å²) in [5.41, 5.74) is 5.74. The number of hydrogen-bond donors (Lipinski definition) is 2. The van der Waals surface area contributed by atoms with Crippen molar-refractivity contribution in [2.75, 3.05) is 13.1 Å². The maximum atomic E-state index is 12.0. The molecular weight excluding hydrogens is 232 g/mol. The minimum atomic E-state index is -0.903.